The molecule has 0 spiro atoms. The third-order valence-corrected chi connectivity index (χ3v) is 2.52. The standard InChI is InChI=1S/C13H19NO3/c1-3-14-13(16)9-8-12(15)10-4-6-11(17-2)7-5-10/h4-7,12,15H,3,8-9H2,1-2H3,(H,14,16). The van der Waals surface area contributed by atoms with Crippen LogP contribution in [-0.4, -0.2) is 24.7 Å². The molecule has 0 radical (unpaired) electrons. The van der Waals surface area contributed by atoms with Crippen LogP contribution in [0.2, 0.25) is 0 Å². The van der Waals surface area contributed by atoms with Gasteiger partial charge in [0.2, 0.25) is 5.91 Å². The van der Waals surface area contributed by atoms with Gasteiger partial charge in [0, 0.05) is 13.0 Å². The summed E-state index contributed by atoms with van der Waals surface area (Å²) in [6, 6.07) is 7.21. The molecule has 0 aliphatic carbocycles. The van der Waals surface area contributed by atoms with Crippen LogP contribution in [0.15, 0.2) is 24.3 Å². The van der Waals surface area contributed by atoms with E-state index in [1.807, 2.05) is 6.92 Å². The van der Waals surface area contributed by atoms with E-state index in [-0.39, 0.29) is 5.91 Å². The first kappa shape index (κ1) is 13.5. The van der Waals surface area contributed by atoms with E-state index in [4.69, 9.17) is 4.74 Å². The molecule has 0 aliphatic rings. The minimum Gasteiger partial charge on any atom is -0.497 e. The highest BCUT2D eigenvalue weighted by Gasteiger charge is 2.09. The number of hydrogen-bond donors (Lipinski definition) is 2. The number of amides is 1. The number of nitrogens with one attached hydrogen (secondary N) is 1. The maximum Gasteiger partial charge on any atom is 0.220 e. The fourth-order valence-electron chi connectivity index (χ4n) is 1.55. The Morgan fingerprint density at radius 1 is 1.41 bits per heavy atom. The number of carbonyl (C=O) groups excluding carboxylic acids is 1. The minimum absolute atomic E-state index is 0.0277. The summed E-state index contributed by atoms with van der Waals surface area (Å²) in [5.74, 6) is 0.727. The van der Waals surface area contributed by atoms with Gasteiger partial charge >= 0.3 is 0 Å². The summed E-state index contributed by atoms with van der Waals surface area (Å²) < 4.78 is 5.03. The summed E-state index contributed by atoms with van der Waals surface area (Å²) in [6.07, 6.45) is 0.155. The highest BCUT2D eigenvalue weighted by molar-refractivity contribution is 5.75. The van der Waals surface area contributed by atoms with Gasteiger partial charge in [0.15, 0.2) is 0 Å². The molecule has 1 unspecified atom stereocenters. The van der Waals surface area contributed by atoms with Crippen LogP contribution in [0.4, 0.5) is 0 Å². The molecule has 1 amide bonds. The summed E-state index contributed by atoms with van der Waals surface area (Å²) in [6.45, 7) is 2.50. The van der Waals surface area contributed by atoms with Gasteiger partial charge in [-0.1, -0.05) is 12.1 Å². The van der Waals surface area contributed by atoms with Crippen molar-refractivity contribution in [1.82, 2.24) is 5.32 Å². The zero-order chi connectivity index (χ0) is 12.7. The fraction of sp³-hybridized carbons (Fsp3) is 0.462. The fourth-order valence-corrected chi connectivity index (χ4v) is 1.55. The molecule has 4 heteroatoms. The minimum atomic E-state index is -0.608. The van der Waals surface area contributed by atoms with Crippen LogP contribution in [0.5, 0.6) is 5.75 Å². The summed E-state index contributed by atoms with van der Waals surface area (Å²) in [4.78, 5) is 11.2. The van der Waals surface area contributed by atoms with Crippen LogP contribution in [0.3, 0.4) is 0 Å². The highest BCUT2D eigenvalue weighted by Crippen LogP contribution is 2.20. The van der Waals surface area contributed by atoms with Gasteiger partial charge in [0.25, 0.3) is 0 Å². The van der Waals surface area contributed by atoms with Crippen molar-refractivity contribution in [2.75, 3.05) is 13.7 Å². The summed E-state index contributed by atoms with van der Waals surface area (Å²) in [7, 11) is 1.60. The van der Waals surface area contributed by atoms with Crippen molar-refractivity contribution in [2.45, 2.75) is 25.9 Å². The predicted octanol–water partition coefficient (Wildman–Crippen LogP) is 1.64. The molecule has 17 heavy (non-hydrogen) atoms. The van der Waals surface area contributed by atoms with Crippen molar-refractivity contribution >= 4 is 5.91 Å². The Labute approximate surface area is 102 Å². The number of ether oxygens (including phenoxy) is 1. The molecule has 1 rings (SSSR count). The van der Waals surface area contributed by atoms with Gasteiger partial charge in [-0.3, -0.25) is 4.79 Å². The topological polar surface area (TPSA) is 58.6 Å². The monoisotopic (exact) mass is 237 g/mol. The van der Waals surface area contributed by atoms with Gasteiger partial charge in [0.1, 0.15) is 5.75 Å². The molecule has 0 heterocycles. The van der Waals surface area contributed by atoms with Crippen molar-refractivity contribution in [3.63, 3.8) is 0 Å². The molecule has 1 aromatic carbocycles. The molecule has 0 saturated carbocycles. The van der Waals surface area contributed by atoms with E-state index in [1.165, 1.54) is 0 Å². The SMILES string of the molecule is CCNC(=O)CCC(O)c1ccc(OC)cc1. The molecule has 94 valence electrons. The Morgan fingerprint density at radius 2 is 2.06 bits per heavy atom. The Balaban J connectivity index is 2.46. The summed E-state index contributed by atoms with van der Waals surface area (Å²) >= 11 is 0. The molecule has 1 atom stereocenters. The molecule has 0 aliphatic heterocycles. The lowest BCUT2D eigenvalue weighted by Gasteiger charge is -2.11. The number of hydrogen-bond acceptors (Lipinski definition) is 3. The third kappa shape index (κ3) is 4.44. The average molecular weight is 237 g/mol. The van der Waals surface area contributed by atoms with Crippen molar-refractivity contribution in [3.05, 3.63) is 29.8 Å². The van der Waals surface area contributed by atoms with Crippen molar-refractivity contribution in [3.8, 4) is 5.75 Å². The zero-order valence-electron chi connectivity index (χ0n) is 10.3. The van der Waals surface area contributed by atoms with Crippen LogP contribution in [-0.2, 0) is 4.79 Å². The average Bonchev–Trinajstić information content (AvgIpc) is 2.36. The number of rotatable bonds is 6. The number of benzene rings is 1. The van der Waals surface area contributed by atoms with Crippen LogP contribution in [0.1, 0.15) is 31.4 Å². The van der Waals surface area contributed by atoms with Crippen molar-refractivity contribution in [1.29, 1.82) is 0 Å². The van der Waals surface area contributed by atoms with E-state index < -0.39 is 6.10 Å². The van der Waals surface area contributed by atoms with Crippen LogP contribution >= 0.6 is 0 Å². The maximum absolute atomic E-state index is 11.2. The quantitative estimate of drug-likeness (QED) is 0.791. The molecular weight excluding hydrogens is 218 g/mol. The van der Waals surface area contributed by atoms with Crippen LogP contribution in [0, 0.1) is 0 Å². The molecule has 0 fully saturated rings. The van der Waals surface area contributed by atoms with E-state index in [0.717, 1.165) is 11.3 Å². The van der Waals surface area contributed by atoms with E-state index >= 15 is 0 Å². The second kappa shape index (κ2) is 6.91. The summed E-state index contributed by atoms with van der Waals surface area (Å²) in [5, 5.41) is 12.6. The van der Waals surface area contributed by atoms with E-state index in [2.05, 4.69) is 5.32 Å². The highest BCUT2D eigenvalue weighted by atomic mass is 16.5. The van der Waals surface area contributed by atoms with Gasteiger partial charge in [-0.25, -0.2) is 0 Å². The van der Waals surface area contributed by atoms with E-state index in [0.29, 0.717) is 19.4 Å². The van der Waals surface area contributed by atoms with Gasteiger partial charge in [0.05, 0.1) is 13.2 Å². The van der Waals surface area contributed by atoms with Crippen LogP contribution < -0.4 is 10.1 Å². The van der Waals surface area contributed by atoms with Crippen molar-refractivity contribution < 1.29 is 14.6 Å². The Morgan fingerprint density at radius 3 is 2.59 bits per heavy atom. The summed E-state index contributed by atoms with van der Waals surface area (Å²) in [5.41, 5.74) is 0.801. The van der Waals surface area contributed by atoms with Crippen molar-refractivity contribution in [2.24, 2.45) is 0 Å². The molecule has 2 N–H and O–H groups in total. The predicted molar refractivity (Wildman–Crippen MR) is 65.9 cm³/mol. The number of carbonyl (C=O) groups is 1. The molecular formula is C13H19NO3. The third-order valence-electron chi connectivity index (χ3n) is 2.52. The first-order valence-corrected chi connectivity index (χ1v) is 5.76. The Kier molecular flexibility index (Phi) is 5.49. The number of methoxy groups -OCH3 is 1. The maximum atomic E-state index is 11.2. The van der Waals surface area contributed by atoms with Gasteiger partial charge in [-0.15, -0.1) is 0 Å². The first-order chi connectivity index (χ1) is 8.17. The lowest BCUT2D eigenvalue weighted by Crippen LogP contribution is -2.22. The van der Waals surface area contributed by atoms with Gasteiger partial charge in [-0.2, -0.15) is 0 Å². The smallest absolute Gasteiger partial charge is 0.220 e. The molecule has 0 aromatic heterocycles. The zero-order valence-corrected chi connectivity index (χ0v) is 10.3. The Bertz CT molecular complexity index is 348. The molecule has 1 aromatic rings. The molecule has 0 bridgehead atoms. The number of aliphatic hydroxyl groups excluding tert-OH is 1. The van der Waals surface area contributed by atoms with Gasteiger partial charge < -0.3 is 15.2 Å². The lowest BCUT2D eigenvalue weighted by molar-refractivity contribution is -0.121. The van der Waals surface area contributed by atoms with E-state index in [9.17, 15) is 9.90 Å². The van der Waals surface area contributed by atoms with Crippen LogP contribution in [0.25, 0.3) is 0 Å². The molecule has 4 nitrogen and oxygen atoms in total. The Hall–Kier alpha value is -1.55. The second-order valence-corrected chi connectivity index (χ2v) is 3.78. The first-order valence-electron chi connectivity index (χ1n) is 5.76. The van der Waals surface area contributed by atoms with E-state index in [1.54, 1.807) is 31.4 Å². The number of aliphatic hydroxyl groups is 1. The second-order valence-electron chi connectivity index (χ2n) is 3.78. The van der Waals surface area contributed by atoms with Gasteiger partial charge in [-0.05, 0) is 31.0 Å². The molecule has 0 saturated heterocycles. The normalized spacial score (nSPS) is 11.9. The lowest BCUT2D eigenvalue weighted by atomic mass is 10.0. The largest absolute Gasteiger partial charge is 0.497 e.